The monoisotopic (exact) mass is 329 g/mol. The van der Waals surface area contributed by atoms with Gasteiger partial charge in [-0.25, -0.2) is 8.78 Å². The van der Waals surface area contributed by atoms with Crippen LogP contribution in [0.5, 0.6) is 0 Å². The molecule has 1 N–H and O–H groups in total. The molecule has 0 aromatic heterocycles. The molecule has 0 saturated carbocycles. The normalized spacial score (nSPS) is 32.3. The zero-order chi connectivity index (χ0) is 17.2. The molecule has 134 valence electrons. The summed E-state index contributed by atoms with van der Waals surface area (Å²) in [6, 6.07) is 0.301. The van der Waals surface area contributed by atoms with E-state index in [0.717, 1.165) is 19.3 Å². The minimum atomic E-state index is -0.507. The molecule has 1 rings (SSSR count). The maximum Gasteiger partial charge on any atom is 0.110 e. The second-order valence-electron chi connectivity index (χ2n) is 7.04. The van der Waals surface area contributed by atoms with Crippen molar-refractivity contribution in [2.75, 3.05) is 19.8 Å². The van der Waals surface area contributed by atoms with Gasteiger partial charge in [0.15, 0.2) is 0 Å². The number of hydrogen-bond donors (Lipinski definition) is 1. The minimum absolute atomic E-state index is 0.173. The van der Waals surface area contributed by atoms with Gasteiger partial charge < -0.3 is 5.11 Å². The van der Waals surface area contributed by atoms with E-state index in [1.165, 1.54) is 12.2 Å². The van der Waals surface area contributed by atoms with Gasteiger partial charge in [-0.15, -0.1) is 0 Å². The lowest BCUT2D eigenvalue weighted by Crippen LogP contribution is -2.38. The van der Waals surface area contributed by atoms with Gasteiger partial charge in [-0.05, 0) is 56.9 Å². The molecule has 4 atom stereocenters. The van der Waals surface area contributed by atoms with Crippen molar-refractivity contribution in [3.05, 3.63) is 24.1 Å². The van der Waals surface area contributed by atoms with E-state index in [1.54, 1.807) is 6.08 Å². The predicted molar refractivity (Wildman–Crippen MR) is 92.8 cm³/mol. The fourth-order valence-electron chi connectivity index (χ4n) is 3.13. The highest BCUT2D eigenvalue weighted by molar-refractivity contribution is 5.00. The number of hydrogen-bond acceptors (Lipinski definition) is 2. The second-order valence-corrected chi connectivity index (χ2v) is 7.04. The van der Waals surface area contributed by atoms with E-state index in [0.29, 0.717) is 37.3 Å². The summed E-state index contributed by atoms with van der Waals surface area (Å²) in [6.45, 7) is 7.08. The van der Waals surface area contributed by atoms with Crippen LogP contribution in [-0.2, 0) is 0 Å². The summed E-state index contributed by atoms with van der Waals surface area (Å²) >= 11 is 0. The van der Waals surface area contributed by atoms with Crippen molar-refractivity contribution in [2.24, 2.45) is 11.8 Å². The van der Waals surface area contributed by atoms with E-state index < -0.39 is 6.67 Å². The Balaban J connectivity index is 2.62. The van der Waals surface area contributed by atoms with Gasteiger partial charge >= 0.3 is 0 Å². The Morgan fingerprint density at radius 1 is 1.13 bits per heavy atom. The first-order valence-corrected chi connectivity index (χ1v) is 8.91. The van der Waals surface area contributed by atoms with Gasteiger partial charge in [0, 0.05) is 12.6 Å². The Morgan fingerprint density at radius 3 is 2.57 bits per heavy atom. The van der Waals surface area contributed by atoms with Gasteiger partial charge in [0.2, 0.25) is 0 Å². The summed E-state index contributed by atoms with van der Waals surface area (Å²) in [7, 11) is 0. The predicted octanol–water partition coefficient (Wildman–Crippen LogP) is 4.65. The number of halogens is 2. The Morgan fingerprint density at radius 2 is 1.87 bits per heavy atom. The average Bonchev–Trinajstić information content (AvgIpc) is 2.51. The van der Waals surface area contributed by atoms with Crippen molar-refractivity contribution in [3.63, 3.8) is 0 Å². The number of allylic oxidation sites excluding steroid dienone is 3. The van der Waals surface area contributed by atoms with E-state index in [2.05, 4.69) is 25.7 Å². The smallest absolute Gasteiger partial charge is 0.110 e. The number of alkyl halides is 1. The van der Waals surface area contributed by atoms with E-state index in [1.807, 2.05) is 0 Å². The maximum absolute atomic E-state index is 14.1. The summed E-state index contributed by atoms with van der Waals surface area (Å²) < 4.78 is 26.0. The highest BCUT2D eigenvalue weighted by atomic mass is 19.1. The molecule has 23 heavy (non-hydrogen) atoms. The quantitative estimate of drug-likeness (QED) is 0.742. The van der Waals surface area contributed by atoms with Gasteiger partial charge in [0.1, 0.15) is 12.5 Å². The second kappa shape index (κ2) is 10.9. The standard InChI is InChI=1S/C19H33F2NO/c1-15-8-9-17(3)22(12-10-19(23)13-16(15)2)14-18(21)7-5-4-6-11-20/h4,6-7,15-17,19,23H,5,8-14H2,1-3H3/b6-4?,18-7+. The van der Waals surface area contributed by atoms with Crippen molar-refractivity contribution in [1.29, 1.82) is 0 Å². The van der Waals surface area contributed by atoms with Gasteiger partial charge in [-0.2, -0.15) is 0 Å². The minimum Gasteiger partial charge on any atom is -0.393 e. The van der Waals surface area contributed by atoms with E-state index in [9.17, 15) is 13.9 Å². The molecule has 0 bridgehead atoms. The summed E-state index contributed by atoms with van der Waals surface area (Å²) in [4.78, 5) is 2.12. The fraction of sp³-hybridized carbons (Fsp3) is 0.789. The molecule has 0 spiro atoms. The van der Waals surface area contributed by atoms with Crippen LogP contribution in [0.15, 0.2) is 24.1 Å². The topological polar surface area (TPSA) is 23.5 Å². The molecular formula is C19H33F2NO. The third kappa shape index (κ3) is 8.07. The lowest BCUT2D eigenvalue weighted by Gasteiger charge is -2.33. The molecule has 4 heteroatoms. The largest absolute Gasteiger partial charge is 0.393 e. The van der Waals surface area contributed by atoms with Gasteiger partial charge in [0.05, 0.1) is 12.6 Å². The van der Waals surface area contributed by atoms with E-state index in [4.69, 9.17) is 0 Å². The first-order chi connectivity index (χ1) is 10.9. The highest BCUT2D eigenvalue weighted by Gasteiger charge is 2.23. The lowest BCUT2D eigenvalue weighted by molar-refractivity contribution is 0.0839. The van der Waals surface area contributed by atoms with E-state index in [-0.39, 0.29) is 18.5 Å². The molecule has 0 radical (unpaired) electrons. The van der Waals surface area contributed by atoms with Crippen molar-refractivity contribution >= 4 is 0 Å². The number of aliphatic hydroxyl groups excluding tert-OH is 1. The Bertz CT molecular complexity index is 384. The van der Waals surface area contributed by atoms with Crippen LogP contribution in [0.25, 0.3) is 0 Å². The Labute approximate surface area is 140 Å². The third-order valence-corrected chi connectivity index (χ3v) is 5.11. The molecular weight excluding hydrogens is 296 g/mol. The zero-order valence-corrected chi connectivity index (χ0v) is 14.8. The maximum atomic E-state index is 14.1. The van der Waals surface area contributed by atoms with Crippen LogP contribution >= 0.6 is 0 Å². The SMILES string of the molecule is CC1CCC(C)N(C/C(F)=C\CC=CCF)CCC(O)CC1C. The van der Waals surface area contributed by atoms with Crippen LogP contribution in [0.3, 0.4) is 0 Å². The Kier molecular flexibility index (Phi) is 9.65. The van der Waals surface area contributed by atoms with Gasteiger partial charge in [-0.1, -0.05) is 26.0 Å². The van der Waals surface area contributed by atoms with Crippen molar-refractivity contribution in [1.82, 2.24) is 4.90 Å². The molecule has 1 heterocycles. The van der Waals surface area contributed by atoms with Crippen LogP contribution in [0.4, 0.5) is 8.78 Å². The number of rotatable bonds is 5. The lowest BCUT2D eigenvalue weighted by atomic mass is 9.85. The fourth-order valence-corrected chi connectivity index (χ4v) is 3.13. The Hall–Kier alpha value is -0.740. The van der Waals surface area contributed by atoms with Crippen LogP contribution in [0, 0.1) is 11.8 Å². The molecule has 2 nitrogen and oxygen atoms in total. The van der Waals surface area contributed by atoms with Crippen LogP contribution in [-0.4, -0.2) is 41.9 Å². The summed E-state index contributed by atoms with van der Waals surface area (Å²) in [6.07, 6.45) is 8.35. The molecule has 4 unspecified atom stereocenters. The van der Waals surface area contributed by atoms with Crippen LogP contribution < -0.4 is 0 Å². The van der Waals surface area contributed by atoms with Crippen molar-refractivity contribution in [3.8, 4) is 0 Å². The molecule has 1 aliphatic heterocycles. The molecule has 1 aliphatic rings. The highest BCUT2D eigenvalue weighted by Crippen LogP contribution is 2.26. The summed E-state index contributed by atoms with van der Waals surface area (Å²) in [5.74, 6) is 0.939. The molecule has 0 aromatic rings. The third-order valence-electron chi connectivity index (χ3n) is 5.11. The molecule has 0 amide bonds. The molecule has 0 aliphatic carbocycles. The average molecular weight is 329 g/mol. The van der Waals surface area contributed by atoms with Gasteiger partial charge in [0.25, 0.3) is 0 Å². The first-order valence-electron chi connectivity index (χ1n) is 8.91. The van der Waals surface area contributed by atoms with Gasteiger partial charge in [-0.3, -0.25) is 4.90 Å². The first kappa shape index (κ1) is 20.3. The number of nitrogens with zero attached hydrogens (tertiary/aromatic N) is 1. The molecule has 0 aromatic carbocycles. The molecule has 1 saturated heterocycles. The number of aliphatic hydroxyl groups is 1. The van der Waals surface area contributed by atoms with Crippen molar-refractivity contribution < 1.29 is 13.9 Å². The summed E-state index contributed by atoms with van der Waals surface area (Å²) in [5, 5.41) is 10.2. The summed E-state index contributed by atoms with van der Waals surface area (Å²) in [5.41, 5.74) is 0. The van der Waals surface area contributed by atoms with Crippen LogP contribution in [0.1, 0.15) is 52.9 Å². The molecule has 1 fully saturated rings. The van der Waals surface area contributed by atoms with Crippen molar-refractivity contribution in [2.45, 2.75) is 65.0 Å². The zero-order valence-electron chi connectivity index (χ0n) is 14.8. The van der Waals surface area contributed by atoms with E-state index >= 15 is 0 Å². The van der Waals surface area contributed by atoms with Crippen LogP contribution in [0.2, 0.25) is 0 Å².